The van der Waals surface area contributed by atoms with Gasteiger partial charge in [0.15, 0.2) is 0 Å². The average Bonchev–Trinajstić information content (AvgIpc) is 2.27. The third kappa shape index (κ3) is 1.99. The highest BCUT2D eigenvalue weighted by Gasteiger charge is 2.08. The highest BCUT2D eigenvalue weighted by Crippen LogP contribution is 2.05. The molecule has 1 rings (SSSR count). The standard InChI is InChI=1S/C11H9NO2/c1-3-9-4-6-10(7-5-9)11(13)8(2)12-14/h1,4-7,14H,2H3/b12-8-. The van der Waals surface area contributed by atoms with Gasteiger partial charge in [-0.15, -0.1) is 6.42 Å². The van der Waals surface area contributed by atoms with Gasteiger partial charge in [-0.3, -0.25) is 4.79 Å². The fraction of sp³-hybridized carbons (Fsp3) is 0.0909. The van der Waals surface area contributed by atoms with Crippen LogP contribution in [0.1, 0.15) is 22.8 Å². The summed E-state index contributed by atoms with van der Waals surface area (Å²) in [5.41, 5.74) is 1.22. The van der Waals surface area contributed by atoms with E-state index in [0.717, 1.165) is 0 Å². The van der Waals surface area contributed by atoms with Crippen LogP contribution in [0.2, 0.25) is 0 Å². The zero-order valence-electron chi connectivity index (χ0n) is 7.69. The molecule has 0 aliphatic rings. The van der Waals surface area contributed by atoms with Crippen LogP contribution in [0.15, 0.2) is 29.4 Å². The molecule has 0 atom stereocenters. The van der Waals surface area contributed by atoms with Crippen molar-refractivity contribution in [1.82, 2.24) is 0 Å². The molecule has 0 aromatic heterocycles. The quantitative estimate of drug-likeness (QED) is 0.252. The summed E-state index contributed by atoms with van der Waals surface area (Å²) in [6.07, 6.45) is 5.16. The molecule has 0 saturated carbocycles. The highest BCUT2D eigenvalue weighted by molar-refractivity contribution is 6.45. The number of hydrogen-bond donors (Lipinski definition) is 1. The Kier molecular flexibility index (Phi) is 3.03. The van der Waals surface area contributed by atoms with E-state index in [1.54, 1.807) is 24.3 Å². The van der Waals surface area contributed by atoms with Crippen molar-refractivity contribution < 1.29 is 10.0 Å². The summed E-state index contributed by atoms with van der Waals surface area (Å²) in [5.74, 6) is 2.14. The lowest BCUT2D eigenvalue weighted by Gasteiger charge is -1.98. The average molecular weight is 187 g/mol. The number of hydrogen-bond acceptors (Lipinski definition) is 3. The molecule has 0 fully saturated rings. The van der Waals surface area contributed by atoms with Crippen LogP contribution in [0.25, 0.3) is 0 Å². The molecule has 0 spiro atoms. The number of nitrogens with zero attached hydrogens (tertiary/aromatic N) is 1. The summed E-state index contributed by atoms with van der Waals surface area (Å²) in [4.78, 5) is 11.4. The van der Waals surface area contributed by atoms with Gasteiger partial charge >= 0.3 is 0 Å². The van der Waals surface area contributed by atoms with Gasteiger partial charge in [-0.2, -0.15) is 0 Å². The Bertz CT molecular complexity index is 410. The molecule has 70 valence electrons. The highest BCUT2D eigenvalue weighted by atomic mass is 16.4. The normalized spacial score (nSPS) is 10.7. The number of carbonyl (C=O) groups is 1. The van der Waals surface area contributed by atoms with E-state index in [9.17, 15) is 4.79 Å². The molecule has 0 bridgehead atoms. The van der Waals surface area contributed by atoms with Gasteiger partial charge in [0.25, 0.3) is 0 Å². The van der Waals surface area contributed by atoms with E-state index in [4.69, 9.17) is 11.6 Å². The van der Waals surface area contributed by atoms with Crippen LogP contribution >= 0.6 is 0 Å². The molecule has 0 amide bonds. The molecule has 3 nitrogen and oxygen atoms in total. The van der Waals surface area contributed by atoms with E-state index in [1.165, 1.54) is 6.92 Å². The van der Waals surface area contributed by atoms with Crippen molar-refractivity contribution in [3.8, 4) is 12.3 Å². The minimum Gasteiger partial charge on any atom is -0.411 e. The van der Waals surface area contributed by atoms with Gasteiger partial charge in [0.1, 0.15) is 5.71 Å². The first kappa shape index (κ1) is 10.0. The van der Waals surface area contributed by atoms with E-state index >= 15 is 0 Å². The number of rotatable bonds is 2. The minimum absolute atomic E-state index is 0.0541. The van der Waals surface area contributed by atoms with E-state index < -0.39 is 0 Å². The smallest absolute Gasteiger partial charge is 0.210 e. The molecule has 3 heteroatoms. The predicted octanol–water partition coefficient (Wildman–Crippen LogP) is 1.70. The van der Waals surface area contributed by atoms with Crippen LogP contribution in [0, 0.1) is 12.3 Å². The van der Waals surface area contributed by atoms with Gasteiger partial charge in [0.2, 0.25) is 5.78 Å². The Labute approximate surface area is 82.1 Å². The summed E-state index contributed by atoms with van der Waals surface area (Å²) in [6, 6.07) is 6.54. The van der Waals surface area contributed by atoms with E-state index in [2.05, 4.69) is 11.1 Å². The monoisotopic (exact) mass is 187 g/mol. The van der Waals surface area contributed by atoms with Gasteiger partial charge in [-0.1, -0.05) is 11.1 Å². The Morgan fingerprint density at radius 1 is 1.43 bits per heavy atom. The molecule has 0 aliphatic carbocycles. The summed E-state index contributed by atoms with van der Waals surface area (Å²) in [7, 11) is 0. The molecular weight excluding hydrogens is 178 g/mol. The first-order chi connectivity index (χ1) is 6.69. The third-order valence-corrected chi connectivity index (χ3v) is 1.79. The zero-order chi connectivity index (χ0) is 10.6. The molecule has 0 heterocycles. The molecular formula is C11H9NO2. The van der Waals surface area contributed by atoms with E-state index in [1.807, 2.05) is 0 Å². The summed E-state index contributed by atoms with van der Waals surface area (Å²) >= 11 is 0. The van der Waals surface area contributed by atoms with Crippen LogP contribution in [0.4, 0.5) is 0 Å². The van der Waals surface area contributed by atoms with Crippen molar-refractivity contribution in [2.24, 2.45) is 5.16 Å². The topological polar surface area (TPSA) is 49.7 Å². The molecule has 14 heavy (non-hydrogen) atoms. The van der Waals surface area contributed by atoms with E-state index in [0.29, 0.717) is 11.1 Å². The van der Waals surface area contributed by atoms with Gasteiger partial charge in [-0.25, -0.2) is 0 Å². The fourth-order valence-corrected chi connectivity index (χ4v) is 0.972. The van der Waals surface area contributed by atoms with Crippen molar-refractivity contribution in [2.75, 3.05) is 0 Å². The largest absolute Gasteiger partial charge is 0.411 e. The van der Waals surface area contributed by atoms with Gasteiger partial charge in [0, 0.05) is 11.1 Å². The van der Waals surface area contributed by atoms with Crippen molar-refractivity contribution in [3.63, 3.8) is 0 Å². The van der Waals surface area contributed by atoms with Crippen molar-refractivity contribution in [2.45, 2.75) is 6.92 Å². The molecule has 0 saturated heterocycles. The first-order valence-electron chi connectivity index (χ1n) is 3.99. The van der Waals surface area contributed by atoms with Gasteiger partial charge < -0.3 is 5.21 Å². The van der Waals surface area contributed by atoms with Crippen molar-refractivity contribution in [3.05, 3.63) is 35.4 Å². The molecule has 0 radical (unpaired) electrons. The second-order valence-electron chi connectivity index (χ2n) is 2.74. The Morgan fingerprint density at radius 3 is 2.43 bits per heavy atom. The van der Waals surface area contributed by atoms with Crippen LogP contribution in [0.5, 0.6) is 0 Å². The predicted molar refractivity (Wildman–Crippen MR) is 53.6 cm³/mol. The van der Waals surface area contributed by atoms with Gasteiger partial charge in [-0.05, 0) is 31.2 Å². The maximum absolute atomic E-state index is 11.4. The lowest BCUT2D eigenvalue weighted by Crippen LogP contribution is -2.10. The maximum Gasteiger partial charge on any atom is 0.210 e. The fourth-order valence-electron chi connectivity index (χ4n) is 0.972. The van der Waals surface area contributed by atoms with Crippen LogP contribution in [-0.2, 0) is 0 Å². The summed E-state index contributed by atoms with van der Waals surface area (Å²) in [5, 5.41) is 11.2. The second-order valence-corrected chi connectivity index (χ2v) is 2.74. The SMILES string of the molecule is C#Cc1ccc(C(=O)/C(C)=N\O)cc1. The molecule has 1 aromatic carbocycles. The molecule has 0 unspecified atom stereocenters. The van der Waals surface area contributed by atoms with Crippen LogP contribution in [0.3, 0.4) is 0 Å². The van der Waals surface area contributed by atoms with E-state index in [-0.39, 0.29) is 11.5 Å². The van der Waals surface area contributed by atoms with Crippen LogP contribution in [-0.4, -0.2) is 16.7 Å². The number of Topliss-reactive ketones (excluding diaryl/α,β-unsaturated/α-hetero) is 1. The first-order valence-corrected chi connectivity index (χ1v) is 3.99. The lowest BCUT2D eigenvalue weighted by molar-refractivity contribution is 0.106. The molecule has 1 N–H and O–H groups in total. The number of ketones is 1. The second kappa shape index (κ2) is 4.24. The van der Waals surface area contributed by atoms with Crippen LogP contribution < -0.4 is 0 Å². The third-order valence-electron chi connectivity index (χ3n) is 1.79. The Hall–Kier alpha value is -2.08. The zero-order valence-corrected chi connectivity index (χ0v) is 7.69. The number of carbonyl (C=O) groups excluding carboxylic acids is 1. The number of terminal acetylenes is 1. The summed E-state index contributed by atoms with van der Waals surface area (Å²) < 4.78 is 0. The number of benzene rings is 1. The Balaban J connectivity index is 3.00. The molecule has 0 aliphatic heterocycles. The minimum atomic E-state index is -0.309. The maximum atomic E-state index is 11.4. The van der Waals surface area contributed by atoms with Crippen molar-refractivity contribution in [1.29, 1.82) is 0 Å². The Morgan fingerprint density at radius 2 is 2.00 bits per heavy atom. The van der Waals surface area contributed by atoms with Crippen molar-refractivity contribution >= 4 is 11.5 Å². The molecule has 1 aromatic rings. The lowest BCUT2D eigenvalue weighted by atomic mass is 10.1. The van der Waals surface area contributed by atoms with Gasteiger partial charge in [0.05, 0.1) is 0 Å². The number of oxime groups is 1. The summed E-state index contributed by atoms with van der Waals surface area (Å²) in [6.45, 7) is 1.44.